The Labute approximate surface area is 182 Å². The van der Waals surface area contributed by atoms with E-state index in [4.69, 9.17) is 4.42 Å². The highest BCUT2D eigenvalue weighted by Gasteiger charge is 2.14. The molecule has 1 aliphatic heterocycles. The second-order valence-electron chi connectivity index (χ2n) is 7.54. The number of hydrogen-bond donors (Lipinski definition) is 2. The third-order valence-corrected chi connectivity index (χ3v) is 5.98. The first kappa shape index (κ1) is 22.4. The van der Waals surface area contributed by atoms with E-state index >= 15 is 0 Å². The quantitative estimate of drug-likeness (QED) is 0.560. The maximum Gasteiger partial charge on any atom is 0.230 e. The van der Waals surface area contributed by atoms with Crippen molar-refractivity contribution in [1.29, 1.82) is 0 Å². The molecule has 1 aliphatic rings. The molecule has 2 aromatic rings. The van der Waals surface area contributed by atoms with E-state index in [2.05, 4.69) is 33.2 Å². The van der Waals surface area contributed by atoms with Gasteiger partial charge in [-0.05, 0) is 36.9 Å². The zero-order valence-electron chi connectivity index (χ0n) is 17.4. The number of nitrogens with zero attached hydrogens (tertiary/aromatic N) is 3. The Balaban J connectivity index is 1.37. The third-order valence-electron chi connectivity index (χ3n) is 4.98. The van der Waals surface area contributed by atoms with Gasteiger partial charge in [-0.15, -0.1) is 11.8 Å². The van der Waals surface area contributed by atoms with Crippen molar-refractivity contribution in [2.24, 2.45) is 0 Å². The maximum atomic E-state index is 11.9. The van der Waals surface area contributed by atoms with Gasteiger partial charge in [-0.3, -0.25) is 14.7 Å². The van der Waals surface area contributed by atoms with Gasteiger partial charge in [0.1, 0.15) is 5.76 Å². The summed E-state index contributed by atoms with van der Waals surface area (Å²) in [6, 6.07) is 6.02. The zero-order chi connectivity index (χ0) is 21.2. The second kappa shape index (κ2) is 11.8. The van der Waals surface area contributed by atoms with Crippen LogP contribution in [0.5, 0.6) is 0 Å². The van der Waals surface area contributed by atoms with Gasteiger partial charge in [0.15, 0.2) is 0 Å². The molecule has 1 amide bonds. The highest BCUT2D eigenvalue weighted by atomic mass is 32.2. The summed E-state index contributed by atoms with van der Waals surface area (Å²) in [5.41, 5.74) is 3.20. The Morgan fingerprint density at radius 2 is 2.13 bits per heavy atom. The molecule has 3 heterocycles. The molecule has 0 bridgehead atoms. The molecule has 7 nitrogen and oxygen atoms in total. The van der Waals surface area contributed by atoms with Crippen LogP contribution in [0.15, 0.2) is 53.2 Å². The minimum absolute atomic E-state index is 0.101. The number of aliphatic hydroxyl groups excluding tert-OH is 1. The number of aromatic nitrogens is 1. The molecule has 30 heavy (non-hydrogen) atoms. The average molecular weight is 431 g/mol. The van der Waals surface area contributed by atoms with Crippen LogP contribution >= 0.6 is 11.8 Å². The van der Waals surface area contributed by atoms with Gasteiger partial charge in [-0.1, -0.05) is 0 Å². The Kier molecular flexibility index (Phi) is 8.80. The lowest BCUT2D eigenvalue weighted by Gasteiger charge is -2.32. The predicted octanol–water partition coefficient (Wildman–Crippen LogP) is 2.46. The number of aliphatic hydroxyl groups is 1. The lowest BCUT2D eigenvalue weighted by atomic mass is 10.1. The van der Waals surface area contributed by atoms with Gasteiger partial charge in [0.05, 0.1) is 24.8 Å². The fraction of sp³-hybridized carbons (Fsp3) is 0.455. The van der Waals surface area contributed by atoms with E-state index in [9.17, 15) is 9.90 Å². The van der Waals surface area contributed by atoms with Gasteiger partial charge in [0.2, 0.25) is 5.91 Å². The lowest BCUT2D eigenvalue weighted by Crippen LogP contribution is -2.43. The van der Waals surface area contributed by atoms with Crippen molar-refractivity contribution >= 4 is 17.7 Å². The standard InChI is InChI=1S/C22H30N4O3S/c1-25-7-9-26(10-8-25)14-18-4-6-23-20(12-18)2-3-21(27)13-24-22(28)17-30-16-19-5-11-29-15-19/h3-6,11-12,15,27H,2,7-10,13-14,16-17H2,1H3,(H,24,28). The van der Waals surface area contributed by atoms with Crippen LogP contribution in [0.2, 0.25) is 0 Å². The van der Waals surface area contributed by atoms with Crippen molar-refractivity contribution in [1.82, 2.24) is 20.1 Å². The van der Waals surface area contributed by atoms with E-state index in [0.717, 1.165) is 49.7 Å². The van der Waals surface area contributed by atoms with Crippen LogP contribution in [-0.2, 0) is 23.5 Å². The monoisotopic (exact) mass is 430 g/mol. The molecule has 2 aromatic heterocycles. The molecule has 0 radical (unpaired) electrons. The predicted molar refractivity (Wildman–Crippen MR) is 119 cm³/mol. The van der Waals surface area contributed by atoms with E-state index in [0.29, 0.717) is 12.2 Å². The van der Waals surface area contributed by atoms with Crippen LogP contribution in [0, 0.1) is 0 Å². The van der Waals surface area contributed by atoms with Gasteiger partial charge in [0, 0.05) is 62.4 Å². The van der Waals surface area contributed by atoms with E-state index in [-0.39, 0.29) is 18.2 Å². The summed E-state index contributed by atoms with van der Waals surface area (Å²) in [5, 5.41) is 12.8. The van der Waals surface area contributed by atoms with Crippen molar-refractivity contribution < 1.29 is 14.3 Å². The number of carbonyl (C=O) groups excluding carboxylic acids is 1. The first-order valence-corrected chi connectivity index (χ1v) is 11.3. The molecular formula is C22H30N4O3S. The number of likely N-dealkylation sites (N-methyl/N-ethyl adjacent to an activating group) is 1. The SMILES string of the molecule is CN1CCN(Cc2ccnc(CC=C(O)CNC(=O)CSCc3ccoc3)c2)CC1. The molecule has 0 spiro atoms. The van der Waals surface area contributed by atoms with Crippen molar-refractivity contribution in [3.63, 3.8) is 0 Å². The summed E-state index contributed by atoms with van der Waals surface area (Å²) in [7, 11) is 2.16. The first-order valence-electron chi connectivity index (χ1n) is 10.2. The fourth-order valence-corrected chi connectivity index (χ4v) is 3.96. The molecule has 1 fully saturated rings. The van der Waals surface area contributed by atoms with Crippen LogP contribution in [0.4, 0.5) is 0 Å². The van der Waals surface area contributed by atoms with Crippen molar-refractivity contribution in [3.05, 3.63) is 65.6 Å². The van der Waals surface area contributed by atoms with Crippen LogP contribution < -0.4 is 5.32 Å². The summed E-state index contributed by atoms with van der Waals surface area (Å²) in [5.74, 6) is 1.11. The second-order valence-corrected chi connectivity index (χ2v) is 8.52. The fourth-order valence-electron chi connectivity index (χ4n) is 3.17. The number of amides is 1. The first-order chi connectivity index (χ1) is 14.6. The summed E-state index contributed by atoms with van der Waals surface area (Å²) in [6.07, 6.45) is 7.36. The molecule has 3 rings (SSSR count). The molecule has 0 atom stereocenters. The Morgan fingerprint density at radius 1 is 1.30 bits per heavy atom. The maximum absolute atomic E-state index is 11.9. The largest absolute Gasteiger partial charge is 0.511 e. The number of pyridine rings is 1. The van der Waals surface area contributed by atoms with Crippen molar-refractivity contribution in [3.8, 4) is 0 Å². The minimum Gasteiger partial charge on any atom is -0.511 e. The normalized spacial score (nSPS) is 16.0. The van der Waals surface area contributed by atoms with Gasteiger partial charge in [-0.25, -0.2) is 0 Å². The molecule has 0 aromatic carbocycles. The number of rotatable bonds is 10. The van der Waals surface area contributed by atoms with E-state index in [1.54, 1.807) is 18.6 Å². The highest BCUT2D eigenvalue weighted by Crippen LogP contribution is 2.12. The highest BCUT2D eigenvalue weighted by molar-refractivity contribution is 7.99. The lowest BCUT2D eigenvalue weighted by molar-refractivity contribution is -0.118. The van der Waals surface area contributed by atoms with E-state index in [1.165, 1.54) is 17.3 Å². The third kappa shape index (κ3) is 7.85. The Hall–Kier alpha value is -2.29. The van der Waals surface area contributed by atoms with Gasteiger partial charge in [-0.2, -0.15) is 0 Å². The van der Waals surface area contributed by atoms with Crippen LogP contribution in [0.3, 0.4) is 0 Å². The van der Waals surface area contributed by atoms with Crippen LogP contribution in [0.25, 0.3) is 0 Å². The summed E-state index contributed by atoms with van der Waals surface area (Å²) >= 11 is 1.51. The molecule has 0 aliphatic carbocycles. The van der Waals surface area contributed by atoms with Gasteiger partial charge < -0.3 is 19.7 Å². The van der Waals surface area contributed by atoms with Crippen molar-refractivity contribution in [2.45, 2.75) is 18.7 Å². The van der Waals surface area contributed by atoms with Gasteiger partial charge >= 0.3 is 0 Å². The summed E-state index contributed by atoms with van der Waals surface area (Å²) < 4.78 is 5.00. The summed E-state index contributed by atoms with van der Waals surface area (Å²) in [6.45, 7) is 5.41. The number of nitrogens with one attached hydrogen (secondary N) is 1. The number of carbonyl (C=O) groups is 1. The molecule has 0 saturated carbocycles. The minimum atomic E-state index is -0.101. The number of allylic oxidation sites excluding steroid dienone is 1. The zero-order valence-corrected chi connectivity index (χ0v) is 18.2. The Morgan fingerprint density at radius 3 is 2.90 bits per heavy atom. The number of hydrogen-bond acceptors (Lipinski definition) is 7. The van der Waals surface area contributed by atoms with E-state index in [1.807, 2.05) is 18.3 Å². The molecule has 2 N–H and O–H groups in total. The topological polar surface area (TPSA) is 81.8 Å². The van der Waals surface area contributed by atoms with E-state index < -0.39 is 0 Å². The van der Waals surface area contributed by atoms with Gasteiger partial charge in [0.25, 0.3) is 0 Å². The van der Waals surface area contributed by atoms with Crippen molar-refractivity contribution in [2.75, 3.05) is 45.5 Å². The average Bonchev–Trinajstić information content (AvgIpc) is 3.26. The smallest absolute Gasteiger partial charge is 0.230 e. The van der Waals surface area contributed by atoms with Crippen LogP contribution in [0.1, 0.15) is 16.8 Å². The number of piperazine rings is 1. The molecular weight excluding hydrogens is 400 g/mol. The number of furan rings is 1. The number of thioether (sulfide) groups is 1. The Bertz CT molecular complexity index is 818. The molecule has 1 saturated heterocycles. The molecule has 162 valence electrons. The summed E-state index contributed by atoms with van der Waals surface area (Å²) in [4.78, 5) is 21.1. The molecule has 8 heteroatoms. The van der Waals surface area contributed by atoms with Crippen LogP contribution in [-0.4, -0.2) is 71.3 Å². The molecule has 0 unspecified atom stereocenters.